The number of esters is 3. The van der Waals surface area contributed by atoms with E-state index in [4.69, 9.17) is 14.2 Å². The zero-order valence-corrected chi connectivity index (χ0v) is 44.2. The highest BCUT2D eigenvalue weighted by molar-refractivity contribution is 5.71. The summed E-state index contributed by atoms with van der Waals surface area (Å²) in [6.45, 7) is 6.42. The van der Waals surface area contributed by atoms with Gasteiger partial charge in [0.15, 0.2) is 6.10 Å². The molecule has 0 aromatic heterocycles. The van der Waals surface area contributed by atoms with Gasteiger partial charge in [-0.2, -0.15) is 0 Å². The smallest absolute Gasteiger partial charge is 0.306 e. The van der Waals surface area contributed by atoms with E-state index in [1.807, 2.05) is 0 Å². The fraction of sp³-hybridized carbons (Fsp3) is 0.754. The molecular weight excluding hydrogens is 829 g/mol. The fourth-order valence-electron chi connectivity index (χ4n) is 7.94. The summed E-state index contributed by atoms with van der Waals surface area (Å²) in [6, 6.07) is 0. The third kappa shape index (κ3) is 53.7. The largest absolute Gasteiger partial charge is 0.462 e. The lowest BCUT2D eigenvalue weighted by Crippen LogP contribution is -2.30. The van der Waals surface area contributed by atoms with Crippen molar-refractivity contribution in [2.75, 3.05) is 13.2 Å². The molecule has 0 fully saturated rings. The monoisotopic (exact) mass is 935 g/mol. The van der Waals surface area contributed by atoms with E-state index in [-0.39, 0.29) is 31.1 Å². The van der Waals surface area contributed by atoms with Gasteiger partial charge in [-0.1, -0.05) is 248 Å². The fourth-order valence-corrected chi connectivity index (χ4v) is 7.94. The van der Waals surface area contributed by atoms with E-state index in [1.54, 1.807) is 0 Å². The molecule has 6 heteroatoms. The third-order valence-electron chi connectivity index (χ3n) is 12.2. The minimum absolute atomic E-state index is 0.0784. The molecule has 6 nitrogen and oxygen atoms in total. The molecule has 0 saturated carbocycles. The molecule has 67 heavy (non-hydrogen) atoms. The van der Waals surface area contributed by atoms with Crippen molar-refractivity contribution >= 4 is 17.9 Å². The number of hydrogen-bond donors (Lipinski definition) is 0. The van der Waals surface area contributed by atoms with Crippen LogP contribution < -0.4 is 0 Å². The second-order valence-corrected chi connectivity index (χ2v) is 18.8. The van der Waals surface area contributed by atoms with Crippen molar-refractivity contribution in [1.82, 2.24) is 0 Å². The van der Waals surface area contributed by atoms with E-state index in [1.165, 1.54) is 122 Å². The summed E-state index contributed by atoms with van der Waals surface area (Å²) < 4.78 is 16.7. The first-order valence-corrected chi connectivity index (χ1v) is 28.4. The number of ether oxygens (including phenoxy) is 3. The van der Waals surface area contributed by atoms with Crippen LogP contribution >= 0.6 is 0 Å². The van der Waals surface area contributed by atoms with Gasteiger partial charge in [-0.05, 0) is 83.5 Å². The highest BCUT2D eigenvalue weighted by Gasteiger charge is 2.19. The quantitative estimate of drug-likeness (QED) is 0.0262. The molecule has 0 rings (SSSR count). The summed E-state index contributed by atoms with van der Waals surface area (Å²) in [5.41, 5.74) is 0. The predicted molar refractivity (Wildman–Crippen MR) is 288 cm³/mol. The molecule has 0 heterocycles. The van der Waals surface area contributed by atoms with Gasteiger partial charge in [0.1, 0.15) is 13.2 Å². The van der Waals surface area contributed by atoms with Crippen LogP contribution in [0.5, 0.6) is 0 Å². The highest BCUT2D eigenvalue weighted by Crippen LogP contribution is 2.16. The topological polar surface area (TPSA) is 78.9 Å². The van der Waals surface area contributed by atoms with Gasteiger partial charge < -0.3 is 14.2 Å². The molecule has 0 aliphatic rings. The van der Waals surface area contributed by atoms with Gasteiger partial charge in [0.25, 0.3) is 0 Å². The minimum atomic E-state index is -0.777. The summed E-state index contributed by atoms with van der Waals surface area (Å²) in [5, 5.41) is 0. The zero-order chi connectivity index (χ0) is 48.6. The first-order valence-electron chi connectivity index (χ1n) is 28.4. The average Bonchev–Trinajstić information content (AvgIpc) is 3.33. The zero-order valence-electron chi connectivity index (χ0n) is 44.2. The van der Waals surface area contributed by atoms with Crippen molar-refractivity contribution in [2.45, 2.75) is 284 Å². The molecule has 0 amide bonds. The molecule has 1 unspecified atom stereocenters. The Morgan fingerprint density at radius 1 is 0.313 bits per heavy atom. The summed E-state index contributed by atoms with van der Waals surface area (Å²) in [5.74, 6) is -0.893. The number of carbonyl (C=O) groups excluding carboxylic acids is 3. The Hall–Kier alpha value is -3.15. The van der Waals surface area contributed by atoms with Gasteiger partial charge in [-0.3, -0.25) is 14.4 Å². The molecule has 0 aliphatic carbocycles. The Kier molecular flexibility index (Phi) is 52.8. The van der Waals surface area contributed by atoms with Crippen LogP contribution in [0.25, 0.3) is 0 Å². The third-order valence-corrected chi connectivity index (χ3v) is 12.2. The van der Waals surface area contributed by atoms with Gasteiger partial charge >= 0.3 is 17.9 Å². The van der Waals surface area contributed by atoms with Crippen LogP contribution in [0.3, 0.4) is 0 Å². The molecule has 0 saturated heterocycles. The van der Waals surface area contributed by atoms with Crippen LogP contribution in [0.2, 0.25) is 0 Å². The number of rotatable bonds is 51. The normalized spacial score (nSPS) is 12.6. The van der Waals surface area contributed by atoms with E-state index < -0.39 is 6.10 Å². The Morgan fingerprint density at radius 2 is 0.612 bits per heavy atom. The summed E-state index contributed by atoms with van der Waals surface area (Å²) in [7, 11) is 0. The van der Waals surface area contributed by atoms with Gasteiger partial charge in [0.05, 0.1) is 0 Å². The minimum Gasteiger partial charge on any atom is -0.462 e. The number of allylic oxidation sites excluding steroid dienone is 12. The Morgan fingerprint density at radius 3 is 0.970 bits per heavy atom. The van der Waals surface area contributed by atoms with Crippen molar-refractivity contribution in [3.8, 4) is 0 Å². The van der Waals surface area contributed by atoms with Crippen molar-refractivity contribution in [1.29, 1.82) is 0 Å². The second kappa shape index (κ2) is 55.4. The van der Waals surface area contributed by atoms with Crippen molar-refractivity contribution in [2.24, 2.45) is 0 Å². The Balaban J connectivity index is 4.05. The molecular formula is C61H106O6. The van der Waals surface area contributed by atoms with E-state index >= 15 is 0 Å². The maximum Gasteiger partial charge on any atom is 0.306 e. The number of hydrogen-bond acceptors (Lipinski definition) is 6. The lowest BCUT2D eigenvalue weighted by Gasteiger charge is -2.18. The molecule has 0 radical (unpaired) electrons. The van der Waals surface area contributed by atoms with Gasteiger partial charge in [-0.15, -0.1) is 0 Å². The van der Waals surface area contributed by atoms with Crippen molar-refractivity contribution in [3.63, 3.8) is 0 Å². The first-order chi connectivity index (χ1) is 33.0. The number of carbonyl (C=O) groups is 3. The van der Waals surface area contributed by atoms with E-state index in [0.717, 1.165) is 116 Å². The summed E-state index contributed by atoms with van der Waals surface area (Å²) in [6.07, 6.45) is 70.7. The molecule has 0 spiro atoms. The van der Waals surface area contributed by atoms with Gasteiger partial charge in [0.2, 0.25) is 0 Å². The van der Waals surface area contributed by atoms with E-state index in [0.29, 0.717) is 19.3 Å². The molecule has 1 atom stereocenters. The SMILES string of the molecule is CC/C=C\C/C=C\C/C=C\C/C=C\CCCCCCCCCCCCCCCCCCC(=O)OCC(COC(=O)CCCCCCCCC)OC(=O)CCCCCCC/C=C\C/C=C\CCC. The first kappa shape index (κ1) is 63.8. The molecule has 0 aromatic carbocycles. The average molecular weight is 936 g/mol. The lowest BCUT2D eigenvalue weighted by atomic mass is 10.0. The highest BCUT2D eigenvalue weighted by atomic mass is 16.6. The van der Waals surface area contributed by atoms with Crippen LogP contribution in [-0.4, -0.2) is 37.2 Å². The molecule has 0 aromatic rings. The number of unbranched alkanes of at least 4 members (excludes halogenated alkanes) is 28. The maximum atomic E-state index is 12.8. The lowest BCUT2D eigenvalue weighted by molar-refractivity contribution is -0.167. The van der Waals surface area contributed by atoms with Gasteiger partial charge in [-0.25, -0.2) is 0 Å². The van der Waals surface area contributed by atoms with Crippen LogP contribution in [0.1, 0.15) is 278 Å². The van der Waals surface area contributed by atoms with Crippen LogP contribution in [0.15, 0.2) is 72.9 Å². The van der Waals surface area contributed by atoms with Gasteiger partial charge in [0, 0.05) is 19.3 Å². The molecule has 0 aliphatic heterocycles. The molecule has 0 N–H and O–H groups in total. The van der Waals surface area contributed by atoms with Crippen LogP contribution in [0.4, 0.5) is 0 Å². The van der Waals surface area contributed by atoms with Crippen LogP contribution in [-0.2, 0) is 28.6 Å². The van der Waals surface area contributed by atoms with Crippen molar-refractivity contribution in [3.05, 3.63) is 72.9 Å². The van der Waals surface area contributed by atoms with E-state index in [9.17, 15) is 14.4 Å². The second-order valence-electron chi connectivity index (χ2n) is 18.8. The molecule has 386 valence electrons. The predicted octanol–water partition coefficient (Wildman–Crippen LogP) is 19.0. The standard InChI is InChI=1S/C61H106O6/c1-4-7-10-13-16-18-20-22-23-24-25-26-27-28-29-30-31-32-33-34-35-36-37-39-40-42-45-48-51-54-60(63)66-57-58(56-65-59(62)53-50-47-44-15-12-9-6-3)67-61(64)55-52-49-46-43-41-38-21-19-17-14-11-8-5-2/h7,10-11,14,16,18-19,21-23,25-26,58H,4-6,8-9,12-13,15,17,20,24,27-57H2,1-3H3/b10-7-,14-11-,18-16-,21-19-,23-22-,26-25-. The maximum absolute atomic E-state index is 12.8. The molecule has 0 bridgehead atoms. The Bertz CT molecular complexity index is 1260. The van der Waals surface area contributed by atoms with Crippen LogP contribution in [0, 0.1) is 0 Å². The Labute approximate surface area is 414 Å². The van der Waals surface area contributed by atoms with Crippen molar-refractivity contribution < 1.29 is 28.6 Å². The summed E-state index contributed by atoms with van der Waals surface area (Å²) >= 11 is 0. The van der Waals surface area contributed by atoms with E-state index in [2.05, 4.69) is 93.7 Å². The summed E-state index contributed by atoms with van der Waals surface area (Å²) in [4.78, 5) is 37.8.